The average molecular weight is 258 g/mol. The molecule has 0 radical (unpaired) electrons. The molecule has 0 aliphatic heterocycles. The molecule has 1 aliphatic carbocycles. The maximum atomic E-state index is 12.4. The summed E-state index contributed by atoms with van der Waals surface area (Å²) in [6, 6.07) is 8.58. The predicted octanol–water partition coefficient (Wildman–Crippen LogP) is 4.68. The molecule has 104 valence electrons. The first-order valence-corrected chi connectivity index (χ1v) is 7.44. The quantitative estimate of drug-likeness (QED) is 0.769. The van der Waals surface area contributed by atoms with Crippen molar-refractivity contribution in [3.05, 3.63) is 35.4 Å². The molecule has 0 saturated heterocycles. The minimum atomic E-state index is -0.0529. The zero-order valence-electron chi connectivity index (χ0n) is 12.8. The second kappa shape index (κ2) is 5.11. The van der Waals surface area contributed by atoms with Gasteiger partial charge in [-0.2, -0.15) is 0 Å². The van der Waals surface area contributed by atoms with Crippen molar-refractivity contribution < 1.29 is 4.79 Å². The molecular formula is C18H26O. The summed E-state index contributed by atoms with van der Waals surface area (Å²) in [6.07, 6.45) is 5.18. The minimum absolute atomic E-state index is 0.0529. The van der Waals surface area contributed by atoms with Gasteiger partial charge in [0.25, 0.3) is 0 Å². The molecular weight excluding hydrogens is 232 g/mol. The summed E-state index contributed by atoms with van der Waals surface area (Å²) in [6.45, 7) is 8.79. The fourth-order valence-electron chi connectivity index (χ4n) is 2.96. The molecule has 0 bridgehead atoms. The standard InChI is InChI=1S/C18H26O/c1-17(2,3)15-9-7-14(8-10-15)13-16(19)18(4)11-5-6-12-18/h7-10H,5-6,11-13H2,1-4H3. The number of Topliss-reactive ketones (excluding diaryl/α,β-unsaturated/α-hetero) is 1. The van der Waals surface area contributed by atoms with Crippen LogP contribution < -0.4 is 0 Å². The van der Waals surface area contributed by atoms with Crippen molar-refractivity contribution in [1.29, 1.82) is 0 Å². The molecule has 0 spiro atoms. The highest BCUT2D eigenvalue weighted by molar-refractivity contribution is 5.86. The molecule has 0 heterocycles. The van der Waals surface area contributed by atoms with Crippen LogP contribution >= 0.6 is 0 Å². The Morgan fingerprint density at radius 3 is 2.11 bits per heavy atom. The third-order valence-corrected chi connectivity index (χ3v) is 4.56. The van der Waals surface area contributed by atoms with E-state index < -0.39 is 0 Å². The van der Waals surface area contributed by atoms with Crippen molar-refractivity contribution in [1.82, 2.24) is 0 Å². The van der Waals surface area contributed by atoms with Crippen LogP contribution in [0.15, 0.2) is 24.3 Å². The Hall–Kier alpha value is -1.11. The highest BCUT2D eigenvalue weighted by Gasteiger charge is 2.35. The third kappa shape index (κ3) is 3.26. The average Bonchev–Trinajstić information content (AvgIpc) is 2.77. The number of carbonyl (C=O) groups excluding carboxylic acids is 1. The lowest BCUT2D eigenvalue weighted by atomic mass is 9.81. The fraction of sp³-hybridized carbons (Fsp3) is 0.611. The van der Waals surface area contributed by atoms with Gasteiger partial charge >= 0.3 is 0 Å². The van der Waals surface area contributed by atoms with Gasteiger partial charge in [0.1, 0.15) is 5.78 Å². The van der Waals surface area contributed by atoms with Gasteiger partial charge in [0.05, 0.1) is 0 Å². The van der Waals surface area contributed by atoms with Crippen molar-refractivity contribution in [2.75, 3.05) is 0 Å². The van der Waals surface area contributed by atoms with Crippen LogP contribution in [0.3, 0.4) is 0 Å². The summed E-state index contributed by atoms with van der Waals surface area (Å²) in [5.74, 6) is 0.425. The molecule has 0 unspecified atom stereocenters. The first-order valence-electron chi connectivity index (χ1n) is 7.44. The Bertz CT molecular complexity index is 442. The largest absolute Gasteiger partial charge is 0.299 e. The number of ketones is 1. The predicted molar refractivity (Wildman–Crippen MR) is 80.4 cm³/mol. The van der Waals surface area contributed by atoms with Crippen LogP contribution in [0.5, 0.6) is 0 Å². The number of hydrogen-bond donors (Lipinski definition) is 0. The second-order valence-electron chi connectivity index (χ2n) is 7.31. The molecule has 1 saturated carbocycles. The molecule has 1 aromatic rings. The van der Waals surface area contributed by atoms with E-state index in [9.17, 15) is 4.79 Å². The summed E-state index contributed by atoms with van der Waals surface area (Å²) >= 11 is 0. The third-order valence-electron chi connectivity index (χ3n) is 4.56. The highest BCUT2D eigenvalue weighted by atomic mass is 16.1. The Morgan fingerprint density at radius 1 is 1.11 bits per heavy atom. The monoisotopic (exact) mass is 258 g/mol. The zero-order valence-corrected chi connectivity index (χ0v) is 12.8. The molecule has 1 fully saturated rings. The molecule has 0 N–H and O–H groups in total. The summed E-state index contributed by atoms with van der Waals surface area (Å²) < 4.78 is 0. The minimum Gasteiger partial charge on any atom is -0.299 e. The first-order chi connectivity index (χ1) is 8.81. The molecule has 1 aliphatic rings. The van der Waals surface area contributed by atoms with Gasteiger partial charge in [-0.25, -0.2) is 0 Å². The normalized spacial score (nSPS) is 18.5. The molecule has 19 heavy (non-hydrogen) atoms. The van der Waals surface area contributed by atoms with E-state index in [1.807, 2.05) is 0 Å². The van der Waals surface area contributed by atoms with Crippen LogP contribution in [0.25, 0.3) is 0 Å². The van der Waals surface area contributed by atoms with Gasteiger partial charge < -0.3 is 0 Å². The Labute approximate surface area is 117 Å². The molecule has 0 aromatic heterocycles. The smallest absolute Gasteiger partial charge is 0.143 e. The Balaban J connectivity index is 2.06. The number of rotatable bonds is 3. The van der Waals surface area contributed by atoms with Gasteiger partial charge in [0, 0.05) is 11.8 Å². The summed E-state index contributed by atoms with van der Waals surface area (Å²) in [5, 5.41) is 0. The Kier molecular flexibility index (Phi) is 3.85. The van der Waals surface area contributed by atoms with Crippen LogP contribution in [-0.2, 0) is 16.6 Å². The molecule has 1 nitrogen and oxygen atoms in total. The second-order valence-corrected chi connectivity index (χ2v) is 7.31. The Morgan fingerprint density at radius 2 is 1.63 bits per heavy atom. The van der Waals surface area contributed by atoms with E-state index in [0.717, 1.165) is 18.4 Å². The highest BCUT2D eigenvalue weighted by Crippen LogP contribution is 2.39. The van der Waals surface area contributed by atoms with E-state index in [2.05, 4.69) is 52.0 Å². The van der Waals surface area contributed by atoms with Gasteiger partial charge in [0.2, 0.25) is 0 Å². The van der Waals surface area contributed by atoms with Crippen molar-refractivity contribution in [2.24, 2.45) is 5.41 Å². The summed E-state index contributed by atoms with van der Waals surface area (Å²) in [5.41, 5.74) is 2.62. The number of benzene rings is 1. The maximum absolute atomic E-state index is 12.4. The van der Waals surface area contributed by atoms with Crippen LogP contribution in [0, 0.1) is 5.41 Å². The SMILES string of the molecule is CC1(C(=O)Cc2ccc(C(C)(C)C)cc2)CCCC1. The molecule has 1 aromatic carbocycles. The molecule has 0 atom stereocenters. The van der Waals surface area contributed by atoms with E-state index in [-0.39, 0.29) is 10.8 Å². The molecule has 2 rings (SSSR count). The zero-order chi connectivity index (χ0) is 14.1. The van der Waals surface area contributed by atoms with Gasteiger partial charge in [0.15, 0.2) is 0 Å². The number of carbonyl (C=O) groups is 1. The first kappa shape index (κ1) is 14.3. The van der Waals surface area contributed by atoms with E-state index in [0.29, 0.717) is 12.2 Å². The van der Waals surface area contributed by atoms with E-state index in [1.165, 1.54) is 18.4 Å². The molecule has 1 heteroatoms. The van der Waals surface area contributed by atoms with Crippen molar-refractivity contribution in [3.63, 3.8) is 0 Å². The lowest BCUT2D eigenvalue weighted by molar-refractivity contribution is -0.126. The summed E-state index contributed by atoms with van der Waals surface area (Å²) in [7, 11) is 0. The van der Waals surface area contributed by atoms with Crippen LogP contribution in [-0.4, -0.2) is 5.78 Å². The maximum Gasteiger partial charge on any atom is 0.143 e. The fourth-order valence-corrected chi connectivity index (χ4v) is 2.96. The lowest BCUT2D eigenvalue weighted by Gasteiger charge is -2.22. The summed E-state index contributed by atoms with van der Waals surface area (Å²) in [4.78, 5) is 12.4. The van der Waals surface area contributed by atoms with Gasteiger partial charge in [-0.3, -0.25) is 4.79 Å². The van der Waals surface area contributed by atoms with Crippen LogP contribution in [0.4, 0.5) is 0 Å². The van der Waals surface area contributed by atoms with E-state index >= 15 is 0 Å². The van der Waals surface area contributed by atoms with Crippen molar-refractivity contribution in [3.8, 4) is 0 Å². The molecule has 0 amide bonds. The topological polar surface area (TPSA) is 17.1 Å². The lowest BCUT2D eigenvalue weighted by Crippen LogP contribution is -2.26. The number of hydrogen-bond acceptors (Lipinski definition) is 1. The van der Waals surface area contributed by atoms with Crippen molar-refractivity contribution in [2.45, 2.75) is 65.2 Å². The van der Waals surface area contributed by atoms with Crippen LogP contribution in [0.2, 0.25) is 0 Å². The van der Waals surface area contributed by atoms with Gasteiger partial charge in [-0.05, 0) is 29.4 Å². The van der Waals surface area contributed by atoms with E-state index in [1.54, 1.807) is 0 Å². The van der Waals surface area contributed by atoms with Gasteiger partial charge in [-0.1, -0.05) is 64.8 Å². The van der Waals surface area contributed by atoms with Gasteiger partial charge in [-0.15, -0.1) is 0 Å². The van der Waals surface area contributed by atoms with Crippen molar-refractivity contribution >= 4 is 5.78 Å². The van der Waals surface area contributed by atoms with E-state index in [4.69, 9.17) is 0 Å². The van der Waals surface area contributed by atoms with Crippen LogP contribution in [0.1, 0.15) is 64.5 Å².